The molecule has 1 aromatic carbocycles. The van der Waals surface area contributed by atoms with Gasteiger partial charge in [-0.25, -0.2) is 4.39 Å². The number of hydrogen-bond donors (Lipinski definition) is 1. The van der Waals surface area contributed by atoms with Crippen LogP contribution in [0.2, 0.25) is 0 Å². The van der Waals surface area contributed by atoms with Gasteiger partial charge in [-0.05, 0) is 19.1 Å². The highest BCUT2D eigenvalue weighted by atomic mass is 79.9. The van der Waals surface area contributed by atoms with E-state index in [1.165, 1.54) is 6.07 Å². The predicted molar refractivity (Wildman–Crippen MR) is 67.3 cm³/mol. The summed E-state index contributed by atoms with van der Waals surface area (Å²) in [7, 11) is 0. The quantitative estimate of drug-likeness (QED) is 0.841. The van der Waals surface area contributed by atoms with E-state index in [-0.39, 0.29) is 11.9 Å². The first kappa shape index (κ1) is 14.4. The highest BCUT2D eigenvalue weighted by molar-refractivity contribution is 9.10. The number of nitrogens with one attached hydrogen (secondary N) is 1. The third-order valence-electron chi connectivity index (χ3n) is 2.10. The van der Waals surface area contributed by atoms with E-state index in [4.69, 9.17) is 4.74 Å². The molecule has 1 N–H and O–H groups in total. The van der Waals surface area contributed by atoms with Crippen LogP contribution in [0.25, 0.3) is 0 Å². The van der Waals surface area contributed by atoms with Crippen LogP contribution < -0.4 is 10.1 Å². The zero-order valence-electron chi connectivity index (χ0n) is 10.1. The molecule has 17 heavy (non-hydrogen) atoms. The first-order valence-corrected chi connectivity index (χ1v) is 6.24. The van der Waals surface area contributed by atoms with Crippen LogP contribution in [0, 0.1) is 11.6 Å². The van der Waals surface area contributed by atoms with Gasteiger partial charge < -0.3 is 10.1 Å². The minimum absolute atomic E-state index is 0.0741. The smallest absolute Gasteiger partial charge is 0.200 e. The minimum Gasteiger partial charge on any atom is -0.486 e. The molecule has 1 unspecified atom stereocenters. The second-order valence-corrected chi connectivity index (χ2v) is 5.11. The summed E-state index contributed by atoms with van der Waals surface area (Å²) >= 11 is 3.10. The van der Waals surface area contributed by atoms with Gasteiger partial charge in [0.2, 0.25) is 5.82 Å². The van der Waals surface area contributed by atoms with Crippen molar-refractivity contribution in [3.63, 3.8) is 0 Å². The number of halogens is 3. The second-order valence-electron chi connectivity index (χ2n) is 4.19. The summed E-state index contributed by atoms with van der Waals surface area (Å²) in [5.41, 5.74) is 0. The molecule has 0 spiro atoms. The number of rotatable bonds is 5. The van der Waals surface area contributed by atoms with Crippen LogP contribution in [0.15, 0.2) is 16.6 Å². The van der Waals surface area contributed by atoms with Gasteiger partial charge in [0, 0.05) is 17.1 Å². The average Bonchev–Trinajstić information content (AvgIpc) is 2.22. The van der Waals surface area contributed by atoms with E-state index in [2.05, 4.69) is 21.2 Å². The fourth-order valence-electron chi connectivity index (χ4n) is 1.28. The highest BCUT2D eigenvalue weighted by Crippen LogP contribution is 2.26. The van der Waals surface area contributed by atoms with Crippen LogP contribution in [0.1, 0.15) is 20.8 Å². The molecule has 0 aromatic heterocycles. The lowest BCUT2D eigenvalue weighted by Crippen LogP contribution is -2.33. The van der Waals surface area contributed by atoms with E-state index >= 15 is 0 Å². The average molecular weight is 308 g/mol. The summed E-state index contributed by atoms with van der Waals surface area (Å²) in [6.07, 6.45) is -0.236. The maximum atomic E-state index is 13.4. The van der Waals surface area contributed by atoms with E-state index in [0.717, 1.165) is 6.07 Å². The Morgan fingerprint density at radius 2 is 1.94 bits per heavy atom. The minimum atomic E-state index is -0.954. The van der Waals surface area contributed by atoms with Gasteiger partial charge in [0.1, 0.15) is 6.10 Å². The van der Waals surface area contributed by atoms with Gasteiger partial charge in [0.05, 0.1) is 0 Å². The Morgan fingerprint density at radius 3 is 2.53 bits per heavy atom. The van der Waals surface area contributed by atoms with E-state index in [1.807, 2.05) is 13.8 Å². The van der Waals surface area contributed by atoms with E-state index in [1.54, 1.807) is 6.92 Å². The molecule has 5 heteroatoms. The summed E-state index contributed by atoms with van der Waals surface area (Å²) < 4.78 is 32.3. The Labute approximate surface area is 108 Å². The molecule has 1 atom stereocenters. The van der Waals surface area contributed by atoms with Gasteiger partial charge in [-0.3, -0.25) is 0 Å². The zero-order chi connectivity index (χ0) is 13.0. The highest BCUT2D eigenvalue weighted by Gasteiger charge is 2.14. The summed E-state index contributed by atoms with van der Waals surface area (Å²) in [5.74, 6) is -1.95. The van der Waals surface area contributed by atoms with Crippen LogP contribution >= 0.6 is 15.9 Å². The van der Waals surface area contributed by atoms with Crippen LogP contribution in [0.3, 0.4) is 0 Å². The lowest BCUT2D eigenvalue weighted by Gasteiger charge is -2.17. The maximum absolute atomic E-state index is 13.4. The number of benzene rings is 1. The van der Waals surface area contributed by atoms with E-state index < -0.39 is 11.6 Å². The SMILES string of the molecule is CC(C)NCC(C)Oc1cc(Br)cc(F)c1F. The topological polar surface area (TPSA) is 21.3 Å². The van der Waals surface area contributed by atoms with Crippen LogP contribution in [-0.2, 0) is 0 Å². The Morgan fingerprint density at radius 1 is 1.29 bits per heavy atom. The Balaban J connectivity index is 2.68. The van der Waals surface area contributed by atoms with Crippen molar-refractivity contribution in [3.8, 4) is 5.75 Å². The second kappa shape index (κ2) is 6.31. The van der Waals surface area contributed by atoms with Gasteiger partial charge in [0.15, 0.2) is 11.6 Å². The van der Waals surface area contributed by atoms with Crippen molar-refractivity contribution in [1.29, 1.82) is 0 Å². The molecule has 0 saturated carbocycles. The molecule has 0 heterocycles. The molecule has 1 rings (SSSR count). The molecule has 0 amide bonds. The van der Waals surface area contributed by atoms with Crippen molar-refractivity contribution in [3.05, 3.63) is 28.2 Å². The molecular formula is C12H16BrF2NO. The summed E-state index contributed by atoms with van der Waals surface area (Å²) in [5, 5.41) is 3.16. The van der Waals surface area contributed by atoms with E-state index in [0.29, 0.717) is 17.1 Å². The third-order valence-corrected chi connectivity index (χ3v) is 2.56. The summed E-state index contributed by atoms with van der Waals surface area (Å²) in [4.78, 5) is 0. The molecule has 0 bridgehead atoms. The largest absolute Gasteiger partial charge is 0.486 e. The van der Waals surface area contributed by atoms with Crippen LogP contribution in [0.5, 0.6) is 5.75 Å². The van der Waals surface area contributed by atoms with Gasteiger partial charge in [-0.15, -0.1) is 0 Å². The van der Waals surface area contributed by atoms with Gasteiger partial charge >= 0.3 is 0 Å². The number of ether oxygens (including phenoxy) is 1. The normalized spacial score (nSPS) is 12.9. The van der Waals surface area contributed by atoms with Crippen molar-refractivity contribution in [2.75, 3.05) is 6.54 Å². The van der Waals surface area contributed by atoms with Gasteiger partial charge in [-0.2, -0.15) is 4.39 Å². The molecule has 96 valence electrons. The molecular weight excluding hydrogens is 292 g/mol. The third kappa shape index (κ3) is 4.60. The van der Waals surface area contributed by atoms with Crippen molar-refractivity contribution in [2.24, 2.45) is 0 Å². The van der Waals surface area contributed by atoms with E-state index in [9.17, 15) is 8.78 Å². The summed E-state index contributed by atoms with van der Waals surface area (Å²) in [6.45, 7) is 6.39. The lowest BCUT2D eigenvalue weighted by molar-refractivity contribution is 0.202. The van der Waals surface area contributed by atoms with Crippen molar-refractivity contribution in [2.45, 2.75) is 32.9 Å². The first-order valence-electron chi connectivity index (χ1n) is 5.44. The Bertz CT molecular complexity index is 385. The zero-order valence-corrected chi connectivity index (χ0v) is 11.6. The molecule has 0 fully saturated rings. The Hall–Kier alpha value is -0.680. The molecule has 0 saturated heterocycles. The first-order chi connectivity index (χ1) is 7.90. The van der Waals surface area contributed by atoms with Crippen LogP contribution in [-0.4, -0.2) is 18.7 Å². The molecule has 0 aliphatic rings. The van der Waals surface area contributed by atoms with Crippen molar-refractivity contribution >= 4 is 15.9 Å². The summed E-state index contributed by atoms with van der Waals surface area (Å²) in [6, 6.07) is 2.81. The molecule has 1 aromatic rings. The molecule has 2 nitrogen and oxygen atoms in total. The monoisotopic (exact) mass is 307 g/mol. The molecule has 0 aliphatic carbocycles. The van der Waals surface area contributed by atoms with Gasteiger partial charge in [0.25, 0.3) is 0 Å². The molecule has 0 aliphatic heterocycles. The maximum Gasteiger partial charge on any atom is 0.200 e. The fourth-order valence-corrected chi connectivity index (χ4v) is 1.69. The van der Waals surface area contributed by atoms with Gasteiger partial charge in [-0.1, -0.05) is 29.8 Å². The molecule has 0 radical (unpaired) electrons. The van der Waals surface area contributed by atoms with Crippen molar-refractivity contribution < 1.29 is 13.5 Å². The predicted octanol–water partition coefficient (Wildman–Crippen LogP) is 3.49. The van der Waals surface area contributed by atoms with Crippen molar-refractivity contribution in [1.82, 2.24) is 5.32 Å². The fraction of sp³-hybridized carbons (Fsp3) is 0.500. The standard InChI is InChI=1S/C12H16BrF2NO/c1-7(2)16-6-8(3)17-11-5-9(13)4-10(14)12(11)15/h4-5,7-8,16H,6H2,1-3H3. The van der Waals surface area contributed by atoms with Crippen LogP contribution in [0.4, 0.5) is 8.78 Å². The Kier molecular flexibility index (Phi) is 5.33. The lowest BCUT2D eigenvalue weighted by atomic mass is 10.3. The number of hydrogen-bond acceptors (Lipinski definition) is 2.